The van der Waals surface area contributed by atoms with E-state index >= 15 is 0 Å². The van der Waals surface area contributed by atoms with Gasteiger partial charge in [0.1, 0.15) is 19.0 Å². The quantitative estimate of drug-likeness (QED) is 0.574. The first kappa shape index (κ1) is 20.2. The van der Waals surface area contributed by atoms with E-state index < -0.39 is 23.8 Å². The van der Waals surface area contributed by atoms with E-state index in [1.165, 1.54) is 29.2 Å². The number of aromatic nitrogens is 3. The zero-order chi connectivity index (χ0) is 20.3. The van der Waals surface area contributed by atoms with Gasteiger partial charge in [-0.05, 0) is 24.3 Å². The minimum Gasteiger partial charge on any atom is -0.461 e. The molecule has 0 amide bonds. The second kappa shape index (κ2) is 8.26. The Labute approximate surface area is 164 Å². The summed E-state index contributed by atoms with van der Waals surface area (Å²) >= 11 is 1.61. The summed E-state index contributed by atoms with van der Waals surface area (Å²) in [6, 6.07) is 4.05. The van der Waals surface area contributed by atoms with Gasteiger partial charge < -0.3 is 10.1 Å². The summed E-state index contributed by atoms with van der Waals surface area (Å²) in [7, 11) is 0. The minimum atomic E-state index is -4.58. The summed E-state index contributed by atoms with van der Waals surface area (Å²) in [5.74, 6) is 1.08. The van der Waals surface area contributed by atoms with Gasteiger partial charge in [-0.3, -0.25) is 0 Å². The first-order chi connectivity index (χ1) is 13.3. The highest BCUT2D eigenvalue weighted by Gasteiger charge is 2.41. The van der Waals surface area contributed by atoms with E-state index in [0.29, 0.717) is 11.4 Å². The minimum absolute atomic E-state index is 0.0798. The molecule has 3 rings (SSSR count). The van der Waals surface area contributed by atoms with Crippen LogP contribution < -0.4 is 5.32 Å². The lowest BCUT2D eigenvalue weighted by atomic mass is 9.92. The lowest BCUT2D eigenvalue weighted by Crippen LogP contribution is -2.31. The topological polar surface area (TPSA) is 69.0 Å². The molecule has 0 spiro atoms. The molecule has 1 aliphatic rings. The summed E-state index contributed by atoms with van der Waals surface area (Å²) < 4.78 is 47.5. The lowest BCUT2D eigenvalue weighted by Gasteiger charge is -2.29. The smallest absolute Gasteiger partial charge is 0.416 e. The fourth-order valence-electron chi connectivity index (χ4n) is 3.05. The van der Waals surface area contributed by atoms with Crippen LogP contribution in [0.4, 0.5) is 19.1 Å². The molecule has 0 aliphatic carbocycles. The van der Waals surface area contributed by atoms with E-state index in [1.807, 2.05) is 6.92 Å². The molecule has 0 unspecified atom stereocenters. The number of nitrogens with one attached hydrogen (secondary N) is 1. The summed E-state index contributed by atoms with van der Waals surface area (Å²) in [4.78, 5) is 16.8. The highest BCUT2D eigenvalue weighted by atomic mass is 32.2. The van der Waals surface area contributed by atoms with Crippen LogP contribution in [0.25, 0.3) is 0 Å². The number of carbonyl (C=O) groups is 1. The van der Waals surface area contributed by atoms with Crippen LogP contribution in [0.2, 0.25) is 0 Å². The number of alkyl halides is 3. The molecule has 1 aromatic carbocycles. The van der Waals surface area contributed by atoms with E-state index in [1.54, 1.807) is 18.7 Å². The molecule has 28 heavy (non-hydrogen) atoms. The van der Waals surface area contributed by atoms with Crippen LogP contribution in [0, 0.1) is 0 Å². The average Bonchev–Trinajstić information content (AvgIpc) is 3.11. The fraction of sp³-hybridized carbons (Fsp3) is 0.389. The molecule has 1 aromatic heterocycles. The van der Waals surface area contributed by atoms with Gasteiger partial charge in [0.15, 0.2) is 0 Å². The highest BCUT2D eigenvalue weighted by Crippen LogP contribution is 2.41. The van der Waals surface area contributed by atoms with Gasteiger partial charge in [0, 0.05) is 11.4 Å². The number of hydrogen-bond donors (Lipinski definition) is 1. The largest absolute Gasteiger partial charge is 0.461 e. The monoisotopic (exact) mass is 412 g/mol. The molecule has 1 atom stereocenters. The van der Waals surface area contributed by atoms with E-state index in [0.717, 1.165) is 11.8 Å². The third kappa shape index (κ3) is 4.01. The average molecular weight is 412 g/mol. The van der Waals surface area contributed by atoms with Crippen LogP contribution >= 0.6 is 11.8 Å². The number of fused-ring (bicyclic) bond motifs is 1. The first-order valence-electron chi connectivity index (χ1n) is 8.62. The number of benzene rings is 1. The van der Waals surface area contributed by atoms with E-state index in [4.69, 9.17) is 4.74 Å². The van der Waals surface area contributed by atoms with Gasteiger partial charge in [-0.25, -0.2) is 9.48 Å². The van der Waals surface area contributed by atoms with Gasteiger partial charge in [0.25, 0.3) is 0 Å². The van der Waals surface area contributed by atoms with Crippen molar-refractivity contribution in [1.29, 1.82) is 0 Å². The standard InChI is InChI=1S/C18H19F3N4O2S/c1-3-28-9-8-27-16(26)14-11(2)24-17-22-10-23-25(17)15(14)12-6-4-5-7-13(12)18(19,20)21/h4-7,10,15H,3,8-9H2,1-2H3,(H,22,23,24)/t15-/m0/s1. The molecule has 0 saturated carbocycles. The van der Waals surface area contributed by atoms with Crippen LogP contribution in [-0.2, 0) is 15.7 Å². The summed E-state index contributed by atoms with van der Waals surface area (Å²) in [6.07, 6.45) is -3.35. The van der Waals surface area contributed by atoms with Crippen LogP contribution in [0.3, 0.4) is 0 Å². The van der Waals surface area contributed by atoms with Crippen molar-refractivity contribution in [2.24, 2.45) is 0 Å². The van der Waals surface area contributed by atoms with Crippen molar-refractivity contribution in [2.75, 3.05) is 23.4 Å². The predicted octanol–water partition coefficient (Wildman–Crippen LogP) is 3.88. The number of hydrogen-bond acceptors (Lipinski definition) is 6. The molecule has 0 radical (unpaired) electrons. The second-order valence-corrected chi connectivity index (χ2v) is 7.41. The molecule has 0 bridgehead atoms. The van der Waals surface area contributed by atoms with Crippen molar-refractivity contribution in [3.63, 3.8) is 0 Å². The van der Waals surface area contributed by atoms with E-state index in [9.17, 15) is 18.0 Å². The summed E-state index contributed by atoms with van der Waals surface area (Å²) in [5, 5.41) is 6.96. The SMILES string of the molecule is CCSCCOC(=O)C1=C(C)Nc2ncnn2[C@H]1c1ccccc1C(F)(F)F. The number of ether oxygens (including phenoxy) is 1. The van der Waals surface area contributed by atoms with Gasteiger partial charge in [-0.1, -0.05) is 25.1 Å². The maximum Gasteiger partial charge on any atom is 0.416 e. The molecule has 2 heterocycles. The number of thioether (sulfide) groups is 1. The lowest BCUT2D eigenvalue weighted by molar-refractivity contribution is -0.141. The molecule has 0 fully saturated rings. The molecule has 6 nitrogen and oxygen atoms in total. The van der Waals surface area contributed by atoms with Gasteiger partial charge in [0.2, 0.25) is 5.95 Å². The van der Waals surface area contributed by atoms with Crippen LogP contribution in [0.1, 0.15) is 31.0 Å². The van der Waals surface area contributed by atoms with Crippen molar-refractivity contribution in [3.05, 3.63) is 53.0 Å². The van der Waals surface area contributed by atoms with Crippen molar-refractivity contribution in [2.45, 2.75) is 26.1 Å². The van der Waals surface area contributed by atoms with Crippen LogP contribution in [0.15, 0.2) is 41.9 Å². The van der Waals surface area contributed by atoms with Gasteiger partial charge in [-0.2, -0.15) is 35.0 Å². The Morgan fingerprint density at radius 2 is 2.11 bits per heavy atom. The zero-order valence-electron chi connectivity index (χ0n) is 15.3. The van der Waals surface area contributed by atoms with E-state index in [-0.39, 0.29) is 23.7 Å². The third-order valence-electron chi connectivity index (χ3n) is 4.24. The maximum absolute atomic E-state index is 13.6. The molecular formula is C18H19F3N4O2S. The van der Waals surface area contributed by atoms with Gasteiger partial charge in [0.05, 0.1) is 11.1 Å². The van der Waals surface area contributed by atoms with Gasteiger partial charge in [-0.15, -0.1) is 0 Å². The first-order valence-corrected chi connectivity index (χ1v) is 9.78. The number of anilines is 1. The summed E-state index contributed by atoms with van der Waals surface area (Å²) in [6.45, 7) is 3.77. The Kier molecular flexibility index (Phi) is 5.97. The Morgan fingerprint density at radius 3 is 2.82 bits per heavy atom. The van der Waals surface area contributed by atoms with Crippen molar-refractivity contribution >= 4 is 23.7 Å². The molecule has 10 heteroatoms. The number of nitrogens with zero attached hydrogens (tertiary/aromatic N) is 3. The van der Waals surface area contributed by atoms with Crippen molar-refractivity contribution in [1.82, 2.24) is 14.8 Å². The van der Waals surface area contributed by atoms with Crippen LogP contribution in [-0.4, -0.2) is 38.8 Å². The molecule has 2 aromatic rings. The normalized spacial score (nSPS) is 16.5. The number of carbonyl (C=O) groups excluding carboxylic acids is 1. The zero-order valence-corrected chi connectivity index (χ0v) is 16.1. The molecule has 0 saturated heterocycles. The van der Waals surface area contributed by atoms with Crippen LogP contribution in [0.5, 0.6) is 0 Å². The number of halogens is 3. The third-order valence-corrected chi connectivity index (χ3v) is 5.10. The Hall–Kier alpha value is -2.49. The second-order valence-electron chi connectivity index (χ2n) is 6.01. The maximum atomic E-state index is 13.6. The number of rotatable bonds is 6. The van der Waals surface area contributed by atoms with Gasteiger partial charge >= 0.3 is 12.1 Å². The molecule has 1 N–H and O–H groups in total. The summed E-state index contributed by atoms with van der Waals surface area (Å²) in [5.41, 5.74) is -0.452. The Bertz CT molecular complexity index is 895. The Morgan fingerprint density at radius 1 is 1.36 bits per heavy atom. The van der Waals surface area contributed by atoms with E-state index in [2.05, 4.69) is 15.4 Å². The van der Waals surface area contributed by atoms with Crippen molar-refractivity contribution < 1.29 is 22.7 Å². The molecular weight excluding hydrogens is 393 g/mol. The molecule has 150 valence electrons. The highest BCUT2D eigenvalue weighted by molar-refractivity contribution is 7.99. The molecule has 1 aliphatic heterocycles. The number of esters is 1. The fourth-order valence-corrected chi connectivity index (χ4v) is 3.54. The van der Waals surface area contributed by atoms with Crippen molar-refractivity contribution in [3.8, 4) is 0 Å². The number of allylic oxidation sites excluding steroid dienone is 1. The Balaban J connectivity index is 2.05. The predicted molar refractivity (Wildman–Crippen MR) is 99.9 cm³/mol.